The van der Waals surface area contributed by atoms with Crippen molar-refractivity contribution in [2.45, 2.75) is 206 Å². The van der Waals surface area contributed by atoms with Gasteiger partial charge in [0.15, 0.2) is 35.4 Å². The van der Waals surface area contributed by atoms with E-state index in [2.05, 4.69) is 111 Å². The maximum atomic E-state index is 13.0. The number of ketones is 2. The van der Waals surface area contributed by atoms with Gasteiger partial charge in [-0.1, -0.05) is 78.6 Å². The summed E-state index contributed by atoms with van der Waals surface area (Å²) < 4.78 is 123. The summed E-state index contributed by atoms with van der Waals surface area (Å²) in [7, 11) is -35.6. The van der Waals surface area contributed by atoms with Crippen LogP contribution in [0.1, 0.15) is 155 Å². The van der Waals surface area contributed by atoms with Gasteiger partial charge in [-0.15, -0.1) is 0 Å². The number of anilines is 2. The van der Waals surface area contributed by atoms with Gasteiger partial charge in [0.2, 0.25) is 23.6 Å². The number of nitrogens with zero attached hydrogens (tertiary/aromatic N) is 8. The normalized spacial score (nSPS) is 22.2. The van der Waals surface area contributed by atoms with Crippen molar-refractivity contribution < 1.29 is 161 Å². The summed E-state index contributed by atoms with van der Waals surface area (Å²) in [5, 5.41) is 53.2. The number of hydrogen-bond acceptors (Lipinski definition) is 42. The van der Waals surface area contributed by atoms with E-state index in [1.54, 1.807) is 0 Å². The van der Waals surface area contributed by atoms with Gasteiger partial charge in [0.05, 0.1) is 54.7 Å². The van der Waals surface area contributed by atoms with Crippen molar-refractivity contribution >= 4 is 116 Å². The molecule has 14 unspecified atom stereocenters. The lowest BCUT2D eigenvalue weighted by Crippen LogP contribution is -2.46. The Bertz CT molecular complexity index is 4430. The molecule has 54 heteroatoms. The van der Waals surface area contributed by atoms with E-state index >= 15 is 0 Å². The fourth-order valence-corrected chi connectivity index (χ4v) is 18.5. The molecule has 8 rings (SSSR count). The molecule has 2 saturated heterocycles. The lowest BCUT2D eigenvalue weighted by atomic mass is 9.81. The molecule has 1 aliphatic carbocycles. The Hall–Kier alpha value is -6.36. The average Bonchev–Trinajstić information content (AvgIpc) is 1.62. The van der Waals surface area contributed by atoms with Gasteiger partial charge >= 0.3 is 0 Å². The first kappa shape index (κ1) is 99.1. The van der Waals surface area contributed by atoms with Crippen molar-refractivity contribution in [3.63, 3.8) is 0 Å². The fourth-order valence-electron chi connectivity index (χ4n) is 13.1. The zero-order chi connectivity index (χ0) is 88.8. The Labute approximate surface area is 686 Å². The maximum absolute atomic E-state index is 13.0. The van der Waals surface area contributed by atoms with Gasteiger partial charge in [-0.25, -0.2) is 38.5 Å². The van der Waals surface area contributed by atoms with Crippen molar-refractivity contribution in [1.29, 1.82) is 0 Å². The number of phosphoric ester groups is 6. The molecule has 48 nitrogen and oxygen atoms in total. The molecule has 1 aromatic carbocycles. The number of carbonyl (C=O) groups excluding carboxylic acids is 6. The van der Waals surface area contributed by atoms with Gasteiger partial charge in [-0.05, 0) is 73.3 Å². The fraction of sp³-hybridized carbons (Fsp3) is 0.667. The quantitative estimate of drug-likeness (QED) is 0.0141. The van der Waals surface area contributed by atoms with E-state index in [1.165, 1.54) is 38.8 Å². The van der Waals surface area contributed by atoms with Crippen LogP contribution in [0.3, 0.4) is 0 Å². The van der Waals surface area contributed by atoms with E-state index in [0.29, 0.717) is 6.42 Å². The molecule has 3 aliphatic rings. The molecule has 2 aliphatic heterocycles. The monoisotopic (exact) mass is 1810 g/mol. The predicted octanol–water partition coefficient (Wildman–Crippen LogP) is -2.60. The highest BCUT2D eigenvalue weighted by molar-refractivity contribution is 7.60. The molecule has 0 spiro atoms. The highest BCUT2D eigenvalue weighted by Gasteiger charge is 2.50. The molecule has 5 aromatic rings. The van der Waals surface area contributed by atoms with Gasteiger partial charge in [0.1, 0.15) is 84.1 Å². The lowest BCUT2D eigenvalue weighted by Gasteiger charge is -2.36. The summed E-state index contributed by atoms with van der Waals surface area (Å²) in [5.74, 6) is -3.46. The number of nitrogen functional groups attached to an aromatic ring is 2. The molecule has 0 radical (unpaired) electrons. The molecule has 672 valence electrons. The number of benzene rings is 1. The van der Waals surface area contributed by atoms with E-state index in [9.17, 15) is 116 Å². The van der Waals surface area contributed by atoms with Crippen molar-refractivity contribution in [2.75, 3.05) is 64.1 Å². The number of fused-ring (bicyclic) bond motifs is 2. The van der Waals surface area contributed by atoms with Gasteiger partial charge in [0, 0.05) is 75.5 Å². The highest BCUT2D eigenvalue weighted by atomic mass is 31.3. The number of hydrogen-bond donors (Lipinski definition) is 10. The number of rotatable bonds is 52. The number of nitrogens with two attached hydrogens (primary N) is 2. The van der Waals surface area contributed by atoms with Crippen LogP contribution < -0.4 is 71.9 Å². The summed E-state index contributed by atoms with van der Waals surface area (Å²) in [5.41, 5.74) is 9.93. The van der Waals surface area contributed by atoms with Crippen LogP contribution in [0.15, 0.2) is 49.6 Å². The molecule has 120 heavy (non-hydrogen) atoms. The van der Waals surface area contributed by atoms with E-state index in [0.717, 1.165) is 98.7 Å². The number of phosphoric acid groups is 6. The van der Waals surface area contributed by atoms with Crippen molar-refractivity contribution in [3.8, 4) is 0 Å². The molecule has 14 atom stereocenters. The Morgan fingerprint density at radius 3 is 1.32 bits per heavy atom. The Kier molecular flexibility index (Phi) is 34.4. The third-order valence-electron chi connectivity index (χ3n) is 19.8. The third-order valence-corrected chi connectivity index (χ3v) is 25.8. The Morgan fingerprint density at radius 1 is 0.542 bits per heavy atom. The van der Waals surface area contributed by atoms with E-state index in [-0.39, 0.29) is 115 Å². The number of aromatic nitrogens is 8. The molecule has 4 amide bonds. The Balaban J connectivity index is 0.620. The number of unbranched alkanes of at least 4 members (excludes halogenated alkanes) is 2. The number of carbonyl (C=O) groups is 6. The maximum Gasteiger partial charge on any atom is 0.274 e. The van der Waals surface area contributed by atoms with Gasteiger partial charge < -0.3 is 138 Å². The van der Waals surface area contributed by atoms with Crippen LogP contribution in [0.4, 0.5) is 11.6 Å². The molecule has 12 N–H and O–H groups in total. The number of aliphatic hydroxyl groups excluding tert-OH is 4. The minimum Gasteiger partial charge on any atom is -0.790 e. The first-order chi connectivity index (χ1) is 55.8. The second-order valence-corrected chi connectivity index (χ2v) is 39.4. The van der Waals surface area contributed by atoms with Crippen LogP contribution in [0.5, 0.6) is 0 Å². The Morgan fingerprint density at radius 2 is 0.925 bits per heavy atom. The minimum absolute atomic E-state index is 0.0115. The molecule has 0 bridgehead atoms. The van der Waals surface area contributed by atoms with Gasteiger partial charge in [0.25, 0.3) is 31.3 Å². The number of Topliss-reactive ketones (excluding diaryl/α,β-unsaturated/α-hetero) is 2. The predicted molar refractivity (Wildman–Crippen MR) is 397 cm³/mol. The average molecular weight is 1820 g/mol. The minimum atomic E-state index is -5.98. The van der Waals surface area contributed by atoms with Gasteiger partial charge in [-0.3, -0.25) is 56.2 Å². The topological polar surface area (TPSA) is 750 Å². The summed E-state index contributed by atoms with van der Waals surface area (Å²) in [4.78, 5) is 197. The molecule has 4 aromatic heterocycles. The van der Waals surface area contributed by atoms with Gasteiger partial charge in [-0.2, -0.15) is 0 Å². The van der Waals surface area contributed by atoms with E-state index < -0.39 is 169 Å². The molecular weight excluding hydrogens is 1720 g/mol. The summed E-state index contributed by atoms with van der Waals surface area (Å²) in [6, 6.07) is 8.41. The summed E-state index contributed by atoms with van der Waals surface area (Å²) in [6.07, 6.45) is -6.31. The number of nitrogens with one attached hydrogen (secondary N) is 4. The number of aliphatic hydroxyl groups is 4. The molecule has 3 fully saturated rings. The number of amides is 4. The SMILES string of the molecule is CC(C)(CCCCc1ccc(CCCCC2(CC(=O)CCNC(=O)CCNC(=O)C(O)C(C)(C)COP(=O)([O-])OP(=O)([O-])OCC3OC(n4cnc5c(N)ncnc54)C(O)C3OP(=O)([O-])[O-])CC2)cc1)CC(=O)CCNC(=O)CCNC(=O)C(O)C(C)(C)COP(=O)([O-])OP(=O)([O-])OCC1OC(n2cnc3c(N)ncnc32)C(O)C1OP(=O)([O-])[O-]. The smallest absolute Gasteiger partial charge is 0.274 e. The molecule has 1 saturated carbocycles. The lowest BCUT2D eigenvalue weighted by molar-refractivity contribution is -0.348. The van der Waals surface area contributed by atoms with Crippen LogP contribution >= 0.6 is 46.9 Å². The zero-order valence-electron chi connectivity index (χ0n) is 65.8. The number of aryl methyl sites for hydroxylation is 2. The van der Waals surface area contributed by atoms with Crippen LogP contribution in [0.25, 0.3) is 22.3 Å². The van der Waals surface area contributed by atoms with Crippen molar-refractivity contribution in [2.24, 2.45) is 21.7 Å². The number of imidazole rings is 2. The van der Waals surface area contributed by atoms with Crippen molar-refractivity contribution in [3.05, 3.63) is 60.7 Å². The third kappa shape index (κ3) is 30.2. The summed E-state index contributed by atoms with van der Waals surface area (Å²) >= 11 is 0. The second-order valence-electron chi connectivity index (χ2n) is 31.3. The number of ether oxygens (including phenoxy) is 2. The summed E-state index contributed by atoms with van der Waals surface area (Å²) in [6.45, 7) is 3.48. The van der Waals surface area contributed by atoms with Crippen LogP contribution in [0, 0.1) is 21.7 Å². The largest absolute Gasteiger partial charge is 0.790 e. The molecular formula is C66H96N14O34P6-8. The molecule has 6 heterocycles. The van der Waals surface area contributed by atoms with Crippen LogP contribution in [-0.4, -0.2) is 196 Å². The standard InChI is InChI=1S/C66H104N14O34P6/c1-63(2,29-41(81)17-25-69-45(83)19-27-71-59(89)53(87)64(3,4)33-107-119(101,102)113-117(97,98)105-31-43-51(111-115(91,92)93)49(85)61(109-43)79-37-77-47-55(67)73-35-75-57(47)79)21-9-7-11-39-13-15-40(16-14-39)12-8-10-22-66(23-24-66)30-42(82)18-26-70-46(84)20-28-72-60(90)54(88)65(5,6)34-108-120(103,104)114-118(99,100)106-32-44-52(112-116(94,95)96)50(86)62(110-44)80-38-78-48-56(68)74-36-76-58(48)80/h13-16,35-38,43-44,49-54,61-62,85-88H,7-12,17-34H2,1-6H3,(H,69,83)(H,70,84)(H,71,89)(H,72,90)(H,97,98)(H,99,100)(H,101,102)(H,103,104)(H2,67,73,75)(H2,68,74,76)(H2,91,92,93)(H2,94,95,96)/p-8. The highest BCUT2D eigenvalue weighted by Crippen LogP contribution is 2.59. The zero-order valence-corrected chi connectivity index (χ0v) is 71.2. The second kappa shape index (κ2) is 41.6. The van der Waals surface area contributed by atoms with Crippen LogP contribution in [0.2, 0.25) is 0 Å². The van der Waals surface area contributed by atoms with E-state index in [4.69, 9.17) is 20.9 Å². The van der Waals surface area contributed by atoms with Crippen LogP contribution in [-0.2, 0) is 114 Å². The van der Waals surface area contributed by atoms with Crippen molar-refractivity contribution in [1.82, 2.24) is 60.3 Å². The first-order valence-corrected chi connectivity index (χ1v) is 46.3. The first-order valence-electron chi connectivity index (χ1n) is 37.5. The van der Waals surface area contributed by atoms with E-state index in [1.807, 2.05) is 13.8 Å².